The van der Waals surface area contributed by atoms with Crippen LogP contribution in [-0.4, -0.2) is 19.9 Å². The number of rotatable bonds is 8. The topological polar surface area (TPSA) is 85.1 Å². The molecule has 1 aliphatic rings. The lowest BCUT2D eigenvalue weighted by atomic mass is 9.72. The Kier molecular flexibility index (Phi) is 6.61. The number of hydrogen-bond acceptors (Lipinski definition) is 5. The second-order valence-corrected chi connectivity index (χ2v) is 10.6. The highest BCUT2D eigenvalue weighted by molar-refractivity contribution is 7.70. The summed E-state index contributed by atoms with van der Waals surface area (Å²) in [6, 6.07) is 27.1. The van der Waals surface area contributed by atoms with Crippen LogP contribution < -0.4 is 10.5 Å². The van der Waals surface area contributed by atoms with Crippen LogP contribution in [0, 0.1) is 0 Å². The maximum absolute atomic E-state index is 10.7. The fourth-order valence-electron chi connectivity index (χ4n) is 4.34. The molecule has 1 aromatic heterocycles. The second kappa shape index (κ2) is 9.80. The molecular formula is C27H27N3O2S2. The van der Waals surface area contributed by atoms with Crippen LogP contribution in [0.25, 0.3) is 32.3 Å². The summed E-state index contributed by atoms with van der Waals surface area (Å²) >= 11 is 1.69. The Morgan fingerprint density at radius 2 is 1.56 bits per heavy atom. The largest absolute Gasteiger partial charge is 0.321 e. The highest BCUT2D eigenvalue weighted by Gasteiger charge is 2.34. The molecule has 0 saturated heterocycles. The molecule has 1 aliphatic carbocycles. The van der Waals surface area contributed by atoms with Crippen molar-refractivity contribution < 1.29 is 8.42 Å². The second-order valence-electron chi connectivity index (χ2n) is 8.76. The molecule has 4 aromatic rings. The molecule has 0 radical (unpaired) electrons. The molecular weight excluding hydrogens is 462 g/mol. The van der Waals surface area contributed by atoms with Crippen LogP contribution in [0.15, 0.2) is 78.9 Å². The third-order valence-corrected chi connectivity index (χ3v) is 8.13. The summed E-state index contributed by atoms with van der Waals surface area (Å²) in [5.74, 6) is 0. The maximum Gasteiger partial charge on any atom is 0.201 e. The zero-order chi connectivity index (χ0) is 23.5. The van der Waals surface area contributed by atoms with E-state index >= 15 is 0 Å². The first-order chi connectivity index (χ1) is 16.5. The Balaban J connectivity index is 1.47. The Hall–Kier alpha value is -2.84. The van der Waals surface area contributed by atoms with E-state index in [1.807, 2.05) is 18.2 Å². The van der Waals surface area contributed by atoms with Gasteiger partial charge >= 0.3 is 0 Å². The molecule has 0 unspecified atom stereocenters. The average molecular weight is 490 g/mol. The van der Waals surface area contributed by atoms with Gasteiger partial charge in [-0.15, -0.1) is 11.3 Å². The summed E-state index contributed by atoms with van der Waals surface area (Å²) in [4.78, 5) is 6.20. The fourth-order valence-corrected chi connectivity index (χ4v) is 5.73. The van der Waals surface area contributed by atoms with Crippen LogP contribution in [0.5, 0.6) is 0 Å². The number of benzene rings is 3. The van der Waals surface area contributed by atoms with E-state index in [1.165, 1.54) is 12.0 Å². The van der Waals surface area contributed by atoms with Gasteiger partial charge in [0.2, 0.25) is 10.9 Å². The van der Waals surface area contributed by atoms with Crippen molar-refractivity contribution in [3.8, 4) is 32.3 Å². The lowest BCUT2D eigenvalue weighted by Gasteiger charge is -2.38. The van der Waals surface area contributed by atoms with Gasteiger partial charge in [0.25, 0.3) is 0 Å². The van der Waals surface area contributed by atoms with Crippen molar-refractivity contribution in [2.45, 2.75) is 31.2 Å². The Morgan fingerprint density at radius 1 is 0.882 bits per heavy atom. The van der Waals surface area contributed by atoms with E-state index in [2.05, 4.69) is 65.4 Å². The van der Waals surface area contributed by atoms with Gasteiger partial charge in [-0.1, -0.05) is 78.9 Å². The first-order valence-electron chi connectivity index (χ1n) is 11.5. The van der Waals surface area contributed by atoms with Gasteiger partial charge in [-0.05, 0) is 42.4 Å². The standard InChI is InChI=1S/C27H27N3O2S2/c28-27(16-4-17-27)23-13-11-20(12-14-23)24-25(21-5-2-1-3-6-21)33-26(30-24)22-9-7-19(8-10-22)15-18-29-34(31)32/h1-3,5-14,34H,4,15-18,28H2,(H,29,31,32). The van der Waals surface area contributed by atoms with Crippen molar-refractivity contribution in [2.24, 2.45) is 5.73 Å². The summed E-state index contributed by atoms with van der Waals surface area (Å²) in [5, 5.41) is 0.958. The lowest BCUT2D eigenvalue weighted by Crippen LogP contribution is -2.43. The summed E-state index contributed by atoms with van der Waals surface area (Å²) in [5.41, 5.74) is 12.9. The van der Waals surface area contributed by atoms with E-state index in [9.17, 15) is 8.42 Å². The summed E-state index contributed by atoms with van der Waals surface area (Å²) in [6.07, 6.45) is 3.93. The lowest BCUT2D eigenvalue weighted by molar-refractivity contribution is 0.253. The van der Waals surface area contributed by atoms with Crippen LogP contribution in [0.2, 0.25) is 0 Å². The molecule has 0 spiro atoms. The molecule has 1 saturated carbocycles. The third-order valence-electron chi connectivity index (χ3n) is 6.50. The number of nitrogens with zero attached hydrogens (tertiary/aromatic N) is 1. The Labute approximate surface area is 205 Å². The van der Waals surface area contributed by atoms with E-state index in [1.54, 1.807) is 11.3 Å². The quantitative estimate of drug-likeness (QED) is 0.299. The molecule has 0 bridgehead atoms. The number of thiol groups is 1. The molecule has 0 amide bonds. The van der Waals surface area contributed by atoms with Gasteiger partial charge in [-0.3, -0.25) is 0 Å². The van der Waals surface area contributed by atoms with Crippen LogP contribution in [0.3, 0.4) is 0 Å². The number of hydrogen-bond donors (Lipinski definition) is 3. The van der Waals surface area contributed by atoms with Gasteiger partial charge in [-0.25, -0.2) is 18.1 Å². The summed E-state index contributed by atoms with van der Waals surface area (Å²) in [6.45, 7) is 0.400. The highest BCUT2D eigenvalue weighted by atomic mass is 32.2. The van der Waals surface area contributed by atoms with Crippen LogP contribution >= 0.6 is 11.3 Å². The van der Waals surface area contributed by atoms with Gasteiger partial charge in [0.05, 0.1) is 10.6 Å². The maximum atomic E-state index is 10.7. The monoisotopic (exact) mass is 489 g/mol. The third kappa shape index (κ3) is 4.83. The number of thiazole rings is 1. The minimum Gasteiger partial charge on any atom is -0.321 e. The summed E-state index contributed by atoms with van der Waals surface area (Å²) in [7, 11) is -2.56. The number of aromatic nitrogens is 1. The normalized spacial score (nSPS) is 14.8. The van der Waals surface area contributed by atoms with E-state index in [0.29, 0.717) is 13.0 Å². The van der Waals surface area contributed by atoms with E-state index in [4.69, 9.17) is 10.7 Å². The van der Waals surface area contributed by atoms with Gasteiger partial charge in [0, 0.05) is 23.2 Å². The molecule has 5 nitrogen and oxygen atoms in total. The van der Waals surface area contributed by atoms with Crippen molar-refractivity contribution in [1.29, 1.82) is 0 Å². The van der Waals surface area contributed by atoms with Gasteiger partial charge in [-0.2, -0.15) is 0 Å². The molecule has 0 atom stereocenters. The van der Waals surface area contributed by atoms with Crippen LogP contribution in [-0.2, 0) is 22.8 Å². The SMILES string of the molecule is NC1(c2ccc(-c3nc(-c4ccc(CCN[SH](=O)=O)cc4)sc3-c3ccccc3)cc2)CCC1. The van der Waals surface area contributed by atoms with E-state index in [0.717, 1.165) is 50.7 Å². The van der Waals surface area contributed by atoms with E-state index < -0.39 is 10.9 Å². The van der Waals surface area contributed by atoms with Gasteiger partial charge in [0.15, 0.2) is 0 Å². The first kappa shape index (κ1) is 22.9. The highest BCUT2D eigenvalue weighted by Crippen LogP contribution is 2.42. The molecule has 7 heteroatoms. The average Bonchev–Trinajstić information content (AvgIpc) is 3.29. The molecule has 1 fully saturated rings. The molecule has 1 heterocycles. The predicted molar refractivity (Wildman–Crippen MR) is 140 cm³/mol. The fraction of sp³-hybridized carbons (Fsp3) is 0.222. The zero-order valence-electron chi connectivity index (χ0n) is 18.7. The molecule has 174 valence electrons. The van der Waals surface area contributed by atoms with Crippen molar-refractivity contribution in [1.82, 2.24) is 9.71 Å². The smallest absolute Gasteiger partial charge is 0.201 e. The Bertz CT molecular complexity index is 1330. The minimum absolute atomic E-state index is 0.172. The summed E-state index contributed by atoms with van der Waals surface area (Å²) < 4.78 is 23.8. The van der Waals surface area contributed by atoms with Crippen LogP contribution in [0.4, 0.5) is 0 Å². The van der Waals surface area contributed by atoms with E-state index in [-0.39, 0.29) is 5.54 Å². The molecule has 3 N–H and O–H groups in total. The van der Waals surface area contributed by atoms with Crippen molar-refractivity contribution >= 4 is 22.2 Å². The first-order valence-corrected chi connectivity index (χ1v) is 13.4. The van der Waals surface area contributed by atoms with Crippen molar-refractivity contribution in [3.63, 3.8) is 0 Å². The van der Waals surface area contributed by atoms with Crippen molar-refractivity contribution in [3.05, 3.63) is 90.0 Å². The zero-order valence-corrected chi connectivity index (χ0v) is 20.4. The van der Waals surface area contributed by atoms with Gasteiger partial charge in [0.1, 0.15) is 5.01 Å². The molecule has 0 aliphatic heterocycles. The molecule has 5 rings (SSSR count). The predicted octanol–water partition coefficient (Wildman–Crippen LogP) is 5.14. The Morgan fingerprint density at radius 3 is 2.18 bits per heavy atom. The van der Waals surface area contributed by atoms with Crippen LogP contribution in [0.1, 0.15) is 30.4 Å². The van der Waals surface area contributed by atoms with Gasteiger partial charge < -0.3 is 5.73 Å². The minimum atomic E-state index is -2.56. The molecule has 3 aromatic carbocycles. The number of nitrogens with one attached hydrogen (secondary N) is 1. The van der Waals surface area contributed by atoms with Crippen molar-refractivity contribution in [2.75, 3.05) is 6.54 Å². The number of nitrogens with two attached hydrogens (primary N) is 1. The molecule has 34 heavy (non-hydrogen) atoms.